The van der Waals surface area contributed by atoms with Gasteiger partial charge in [0.25, 0.3) is 0 Å². The predicted molar refractivity (Wildman–Crippen MR) is 84.6 cm³/mol. The number of nitrogens with zero attached hydrogens (tertiary/aromatic N) is 2. The smallest absolute Gasteiger partial charge is 0.228 e. The number of carbonyl (C=O) groups is 1. The fraction of sp³-hybridized carbons (Fsp3) is 0.500. The summed E-state index contributed by atoms with van der Waals surface area (Å²) >= 11 is 1.49. The van der Waals surface area contributed by atoms with E-state index in [0.29, 0.717) is 13.0 Å². The first-order chi connectivity index (χ1) is 10.5. The quantitative estimate of drug-likeness (QED) is 0.940. The van der Waals surface area contributed by atoms with Gasteiger partial charge in [-0.05, 0) is 32.4 Å². The van der Waals surface area contributed by atoms with E-state index in [4.69, 9.17) is 4.42 Å². The molecule has 5 nitrogen and oxygen atoms in total. The molecule has 0 saturated carbocycles. The van der Waals surface area contributed by atoms with Gasteiger partial charge in [-0.15, -0.1) is 11.3 Å². The zero-order valence-corrected chi connectivity index (χ0v) is 13.6. The van der Waals surface area contributed by atoms with Crippen LogP contribution in [0.2, 0.25) is 0 Å². The number of aryl methyl sites for hydroxylation is 1. The fourth-order valence-corrected chi connectivity index (χ4v) is 3.50. The molecule has 0 bridgehead atoms. The first-order valence-corrected chi connectivity index (χ1v) is 8.38. The van der Waals surface area contributed by atoms with Crippen LogP contribution in [0, 0.1) is 12.8 Å². The Balaban J connectivity index is 1.62. The Morgan fingerprint density at radius 3 is 3.05 bits per heavy atom. The maximum absolute atomic E-state index is 12.3. The Morgan fingerprint density at radius 1 is 1.59 bits per heavy atom. The standard InChI is InChI=1S/C16H20N2O3S/c1-10-3-4-14(21-10)16-17-13(9-22-16)7-15(20)18-6-5-12(8-18)11(2)19/h3-4,9,11-12,19H,5-8H2,1-2H3. The number of aromatic nitrogens is 1. The van der Waals surface area contributed by atoms with Crippen molar-refractivity contribution in [2.45, 2.75) is 32.8 Å². The second kappa shape index (κ2) is 6.22. The first kappa shape index (κ1) is 15.2. The lowest BCUT2D eigenvalue weighted by molar-refractivity contribution is -0.129. The van der Waals surface area contributed by atoms with Gasteiger partial charge in [0.1, 0.15) is 5.76 Å². The molecule has 2 aromatic rings. The van der Waals surface area contributed by atoms with Crippen LogP contribution in [-0.4, -0.2) is 40.1 Å². The van der Waals surface area contributed by atoms with Crippen LogP contribution in [0.3, 0.4) is 0 Å². The number of thiazole rings is 1. The summed E-state index contributed by atoms with van der Waals surface area (Å²) in [6.07, 6.45) is 0.825. The van der Waals surface area contributed by atoms with E-state index in [2.05, 4.69) is 4.98 Å². The van der Waals surface area contributed by atoms with Gasteiger partial charge in [-0.2, -0.15) is 0 Å². The van der Waals surface area contributed by atoms with Crippen LogP contribution in [0.1, 0.15) is 24.8 Å². The van der Waals surface area contributed by atoms with Crippen molar-refractivity contribution in [1.82, 2.24) is 9.88 Å². The minimum absolute atomic E-state index is 0.0793. The van der Waals surface area contributed by atoms with Gasteiger partial charge in [-0.1, -0.05) is 0 Å². The van der Waals surface area contributed by atoms with Gasteiger partial charge < -0.3 is 14.4 Å². The molecular formula is C16H20N2O3S. The summed E-state index contributed by atoms with van der Waals surface area (Å²) in [6.45, 7) is 5.05. The van der Waals surface area contributed by atoms with Crippen molar-refractivity contribution in [2.24, 2.45) is 5.92 Å². The summed E-state index contributed by atoms with van der Waals surface area (Å²) in [7, 11) is 0. The van der Waals surface area contributed by atoms with E-state index in [-0.39, 0.29) is 17.9 Å². The molecule has 0 spiro atoms. The molecule has 2 aromatic heterocycles. The molecule has 6 heteroatoms. The number of rotatable bonds is 4. The number of hydrogen-bond acceptors (Lipinski definition) is 5. The molecular weight excluding hydrogens is 300 g/mol. The molecule has 1 aliphatic heterocycles. The van der Waals surface area contributed by atoms with E-state index in [9.17, 15) is 9.90 Å². The molecule has 1 saturated heterocycles. The highest BCUT2D eigenvalue weighted by Crippen LogP contribution is 2.26. The number of aliphatic hydroxyl groups is 1. The van der Waals surface area contributed by atoms with Gasteiger partial charge in [0.05, 0.1) is 18.2 Å². The number of furan rings is 1. The molecule has 3 rings (SSSR count). The second-order valence-electron chi connectivity index (χ2n) is 5.86. The van der Waals surface area contributed by atoms with Crippen LogP contribution < -0.4 is 0 Å². The molecule has 1 N–H and O–H groups in total. The molecule has 2 unspecified atom stereocenters. The van der Waals surface area contributed by atoms with Gasteiger partial charge in [-0.25, -0.2) is 4.98 Å². The number of carbonyl (C=O) groups excluding carboxylic acids is 1. The van der Waals surface area contributed by atoms with Crippen LogP contribution in [-0.2, 0) is 11.2 Å². The molecule has 3 heterocycles. The molecule has 1 amide bonds. The summed E-state index contributed by atoms with van der Waals surface area (Å²) in [5.41, 5.74) is 0.777. The van der Waals surface area contributed by atoms with E-state index in [1.807, 2.05) is 29.3 Å². The average Bonchev–Trinajstić information content (AvgIpc) is 3.17. The fourth-order valence-electron chi connectivity index (χ4n) is 2.73. The average molecular weight is 320 g/mol. The third-order valence-corrected chi connectivity index (χ3v) is 5.00. The minimum atomic E-state index is -0.356. The normalized spacial score (nSPS) is 19.6. The third-order valence-electron chi connectivity index (χ3n) is 4.09. The maximum Gasteiger partial charge on any atom is 0.228 e. The largest absolute Gasteiger partial charge is 0.459 e. The molecule has 2 atom stereocenters. The highest BCUT2D eigenvalue weighted by Gasteiger charge is 2.29. The first-order valence-electron chi connectivity index (χ1n) is 7.50. The number of hydrogen-bond donors (Lipinski definition) is 1. The van der Waals surface area contributed by atoms with E-state index < -0.39 is 0 Å². The Labute approximate surface area is 133 Å². The summed E-state index contributed by atoms with van der Waals surface area (Å²) in [6, 6.07) is 3.80. The summed E-state index contributed by atoms with van der Waals surface area (Å²) in [5.74, 6) is 1.87. The van der Waals surface area contributed by atoms with E-state index in [1.165, 1.54) is 11.3 Å². The van der Waals surface area contributed by atoms with E-state index >= 15 is 0 Å². The van der Waals surface area contributed by atoms with Gasteiger partial charge in [-0.3, -0.25) is 4.79 Å². The highest BCUT2D eigenvalue weighted by atomic mass is 32.1. The van der Waals surface area contributed by atoms with Crippen LogP contribution in [0.4, 0.5) is 0 Å². The highest BCUT2D eigenvalue weighted by molar-refractivity contribution is 7.13. The van der Waals surface area contributed by atoms with Crippen molar-refractivity contribution in [3.63, 3.8) is 0 Å². The molecule has 0 aromatic carbocycles. The van der Waals surface area contributed by atoms with Crippen molar-refractivity contribution in [3.8, 4) is 10.8 Å². The van der Waals surface area contributed by atoms with Crippen LogP contribution >= 0.6 is 11.3 Å². The molecule has 1 aliphatic rings. The molecule has 0 aliphatic carbocycles. The maximum atomic E-state index is 12.3. The topological polar surface area (TPSA) is 66.6 Å². The Hall–Kier alpha value is -1.66. The monoisotopic (exact) mass is 320 g/mol. The van der Waals surface area contributed by atoms with Crippen molar-refractivity contribution in [1.29, 1.82) is 0 Å². The van der Waals surface area contributed by atoms with Gasteiger partial charge in [0, 0.05) is 24.4 Å². The Bertz CT molecular complexity index is 662. The molecule has 118 valence electrons. The van der Waals surface area contributed by atoms with Crippen LogP contribution in [0.5, 0.6) is 0 Å². The van der Waals surface area contributed by atoms with Crippen LogP contribution in [0.15, 0.2) is 21.9 Å². The number of amides is 1. The van der Waals surface area contributed by atoms with Gasteiger partial charge in [0.2, 0.25) is 5.91 Å². The van der Waals surface area contributed by atoms with Crippen molar-refractivity contribution < 1.29 is 14.3 Å². The zero-order valence-electron chi connectivity index (χ0n) is 12.8. The van der Waals surface area contributed by atoms with Crippen molar-refractivity contribution in [2.75, 3.05) is 13.1 Å². The summed E-state index contributed by atoms with van der Waals surface area (Å²) in [4.78, 5) is 18.6. The lowest BCUT2D eigenvalue weighted by atomic mass is 10.0. The zero-order chi connectivity index (χ0) is 15.7. The third kappa shape index (κ3) is 3.23. The van der Waals surface area contributed by atoms with E-state index in [0.717, 1.165) is 35.2 Å². The van der Waals surface area contributed by atoms with Crippen molar-refractivity contribution in [3.05, 3.63) is 29.0 Å². The minimum Gasteiger partial charge on any atom is -0.459 e. The predicted octanol–water partition coefficient (Wildman–Crippen LogP) is 2.48. The molecule has 22 heavy (non-hydrogen) atoms. The summed E-state index contributed by atoms with van der Waals surface area (Å²) in [5, 5.41) is 12.3. The number of likely N-dealkylation sites (tertiary alicyclic amines) is 1. The Morgan fingerprint density at radius 2 is 2.41 bits per heavy atom. The molecule has 1 fully saturated rings. The Kier molecular flexibility index (Phi) is 4.31. The van der Waals surface area contributed by atoms with Gasteiger partial charge in [0.15, 0.2) is 10.8 Å². The number of aliphatic hydroxyl groups excluding tert-OH is 1. The summed E-state index contributed by atoms with van der Waals surface area (Å²) < 4.78 is 5.55. The SMILES string of the molecule is Cc1ccc(-c2nc(CC(=O)N3CCC(C(C)O)C3)cs2)o1. The molecule has 0 radical (unpaired) electrons. The lowest BCUT2D eigenvalue weighted by Crippen LogP contribution is -2.31. The second-order valence-corrected chi connectivity index (χ2v) is 6.72. The lowest BCUT2D eigenvalue weighted by Gasteiger charge is -2.17. The van der Waals surface area contributed by atoms with Crippen molar-refractivity contribution >= 4 is 17.2 Å². The van der Waals surface area contributed by atoms with E-state index in [1.54, 1.807) is 6.92 Å². The van der Waals surface area contributed by atoms with Gasteiger partial charge >= 0.3 is 0 Å². The van der Waals surface area contributed by atoms with Crippen LogP contribution in [0.25, 0.3) is 10.8 Å².